The van der Waals surface area contributed by atoms with E-state index in [0.29, 0.717) is 13.1 Å². The lowest BCUT2D eigenvalue weighted by atomic mass is 10.1. The number of aromatic nitrogens is 2. The van der Waals surface area contributed by atoms with Crippen molar-refractivity contribution in [2.45, 2.75) is 19.0 Å². The maximum absolute atomic E-state index is 13.1. The predicted octanol–water partition coefficient (Wildman–Crippen LogP) is 3.75. The molecule has 10 heteroatoms. The van der Waals surface area contributed by atoms with Crippen molar-refractivity contribution in [3.05, 3.63) is 46.3 Å². The second-order valence-electron chi connectivity index (χ2n) is 5.51. The van der Waals surface area contributed by atoms with E-state index in [0.717, 1.165) is 25.2 Å². The van der Waals surface area contributed by atoms with Crippen molar-refractivity contribution in [2.24, 2.45) is 0 Å². The fourth-order valence-electron chi connectivity index (χ4n) is 2.76. The molecule has 0 bridgehead atoms. The minimum atomic E-state index is -4.59. The second kappa shape index (κ2) is 6.54. The maximum Gasteiger partial charge on any atom is 0.418 e. The van der Waals surface area contributed by atoms with Crippen molar-refractivity contribution in [3.8, 4) is 0 Å². The van der Waals surface area contributed by atoms with E-state index in [1.165, 1.54) is 18.2 Å². The second-order valence-corrected chi connectivity index (χ2v) is 5.51. The maximum atomic E-state index is 13.1. The zero-order valence-corrected chi connectivity index (χ0v) is 13.0. The van der Waals surface area contributed by atoms with E-state index in [1.807, 2.05) is 0 Å². The molecule has 132 valence electrons. The van der Waals surface area contributed by atoms with Gasteiger partial charge in [-0.2, -0.15) is 13.2 Å². The zero-order valence-electron chi connectivity index (χ0n) is 13.0. The molecule has 0 radical (unpaired) electrons. The van der Waals surface area contributed by atoms with Gasteiger partial charge in [0.2, 0.25) is 11.6 Å². The van der Waals surface area contributed by atoms with Crippen LogP contribution in [0.5, 0.6) is 0 Å². The highest BCUT2D eigenvalue weighted by Crippen LogP contribution is 2.39. The number of nitro groups is 1. The number of benzene rings is 1. The third kappa shape index (κ3) is 3.47. The molecule has 1 N–H and O–H groups in total. The van der Waals surface area contributed by atoms with Crippen molar-refractivity contribution < 1.29 is 18.1 Å². The van der Waals surface area contributed by atoms with Gasteiger partial charge in [-0.05, 0) is 25.0 Å². The summed E-state index contributed by atoms with van der Waals surface area (Å²) in [6, 6.07) is 4.75. The molecule has 7 nitrogen and oxygen atoms in total. The third-order valence-corrected chi connectivity index (χ3v) is 3.88. The number of para-hydroxylation sites is 1. The molecule has 1 aliphatic heterocycles. The normalized spacial score (nSPS) is 14.6. The van der Waals surface area contributed by atoms with Gasteiger partial charge in [0.25, 0.3) is 0 Å². The van der Waals surface area contributed by atoms with Crippen molar-refractivity contribution in [1.82, 2.24) is 9.97 Å². The van der Waals surface area contributed by atoms with Crippen molar-refractivity contribution >= 4 is 23.0 Å². The van der Waals surface area contributed by atoms with E-state index in [9.17, 15) is 23.3 Å². The highest BCUT2D eigenvalue weighted by atomic mass is 19.4. The minimum absolute atomic E-state index is 0.115. The Kier molecular flexibility index (Phi) is 4.43. The highest BCUT2D eigenvalue weighted by molar-refractivity contribution is 5.75. The molecule has 25 heavy (non-hydrogen) atoms. The Morgan fingerprint density at radius 2 is 1.84 bits per heavy atom. The monoisotopic (exact) mass is 353 g/mol. The number of nitrogens with one attached hydrogen (secondary N) is 1. The summed E-state index contributed by atoms with van der Waals surface area (Å²) in [6.07, 6.45) is -1.73. The van der Waals surface area contributed by atoms with Gasteiger partial charge in [0.05, 0.1) is 16.2 Å². The SMILES string of the molecule is O=[N+]([O-])c1c(Nc2ccccc2C(F)(F)F)ncnc1N1CCCC1. The molecular weight excluding hydrogens is 339 g/mol. The first-order valence-corrected chi connectivity index (χ1v) is 7.55. The fraction of sp³-hybridized carbons (Fsp3) is 0.333. The Morgan fingerprint density at radius 1 is 1.16 bits per heavy atom. The van der Waals surface area contributed by atoms with Gasteiger partial charge in [-0.15, -0.1) is 0 Å². The summed E-state index contributed by atoms with van der Waals surface area (Å²) in [5.74, 6) is -0.150. The van der Waals surface area contributed by atoms with Crippen LogP contribution in [0.1, 0.15) is 18.4 Å². The van der Waals surface area contributed by atoms with Crippen LogP contribution in [0.25, 0.3) is 0 Å². The van der Waals surface area contributed by atoms with Crippen LogP contribution in [0, 0.1) is 10.1 Å². The average molecular weight is 353 g/mol. The number of halogens is 3. The summed E-state index contributed by atoms with van der Waals surface area (Å²) in [7, 11) is 0. The molecule has 0 atom stereocenters. The van der Waals surface area contributed by atoms with Crippen molar-refractivity contribution in [3.63, 3.8) is 0 Å². The van der Waals surface area contributed by atoms with Crippen molar-refractivity contribution in [2.75, 3.05) is 23.3 Å². The van der Waals surface area contributed by atoms with Gasteiger partial charge in [-0.3, -0.25) is 10.1 Å². The van der Waals surface area contributed by atoms with Crippen LogP contribution in [0.15, 0.2) is 30.6 Å². The number of anilines is 3. The highest BCUT2D eigenvalue weighted by Gasteiger charge is 2.35. The van der Waals surface area contributed by atoms with E-state index in [-0.39, 0.29) is 17.3 Å². The van der Waals surface area contributed by atoms with Crippen LogP contribution in [-0.2, 0) is 6.18 Å². The van der Waals surface area contributed by atoms with E-state index in [2.05, 4.69) is 15.3 Å². The van der Waals surface area contributed by atoms with Gasteiger partial charge in [0.1, 0.15) is 6.33 Å². The predicted molar refractivity (Wildman–Crippen MR) is 84.9 cm³/mol. The lowest BCUT2D eigenvalue weighted by Gasteiger charge is -2.18. The number of rotatable bonds is 4. The molecule has 0 saturated carbocycles. The van der Waals surface area contributed by atoms with Gasteiger partial charge < -0.3 is 10.2 Å². The van der Waals surface area contributed by atoms with E-state index >= 15 is 0 Å². The minimum Gasteiger partial charge on any atom is -0.351 e. The molecule has 0 unspecified atom stereocenters. The van der Waals surface area contributed by atoms with Crippen LogP contribution < -0.4 is 10.2 Å². The number of alkyl halides is 3. The van der Waals surface area contributed by atoms with Crippen molar-refractivity contribution in [1.29, 1.82) is 0 Å². The molecule has 0 amide bonds. The summed E-state index contributed by atoms with van der Waals surface area (Å²) in [6.45, 7) is 1.22. The van der Waals surface area contributed by atoms with Gasteiger partial charge in [0, 0.05) is 13.1 Å². The van der Waals surface area contributed by atoms with E-state index in [4.69, 9.17) is 0 Å². The van der Waals surface area contributed by atoms with E-state index < -0.39 is 22.4 Å². The Hall–Kier alpha value is -2.91. The quantitative estimate of drug-likeness (QED) is 0.666. The first-order chi connectivity index (χ1) is 11.9. The lowest BCUT2D eigenvalue weighted by Crippen LogP contribution is -2.21. The summed E-state index contributed by atoms with van der Waals surface area (Å²) in [5.41, 5.74) is -1.66. The average Bonchev–Trinajstić information content (AvgIpc) is 3.08. The first-order valence-electron chi connectivity index (χ1n) is 7.55. The molecule has 1 aromatic heterocycles. The summed E-state index contributed by atoms with van der Waals surface area (Å²) >= 11 is 0. The fourth-order valence-corrected chi connectivity index (χ4v) is 2.76. The Morgan fingerprint density at radius 3 is 2.48 bits per heavy atom. The molecule has 2 aromatic rings. The molecule has 3 rings (SSSR count). The standard InChI is InChI=1S/C15H14F3N5O2/c16-15(17,18)10-5-1-2-6-11(10)21-13-12(23(24)25)14(20-9-19-13)22-7-3-4-8-22/h1-2,5-6,9H,3-4,7-8H2,(H,19,20,21). The molecule has 0 spiro atoms. The first kappa shape index (κ1) is 16.9. The van der Waals surface area contributed by atoms with Crippen LogP contribution in [0.4, 0.5) is 36.2 Å². The molecule has 1 aliphatic rings. The van der Waals surface area contributed by atoms with Crippen LogP contribution in [-0.4, -0.2) is 28.0 Å². The van der Waals surface area contributed by atoms with Crippen LogP contribution >= 0.6 is 0 Å². The molecule has 1 aromatic carbocycles. The van der Waals surface area contributed by atoms with Crippen LogP contribution in [0.2, 0.25) is 0 Å². The smallest absolute Gasteiger partial charge is 0.351 e. The van der Waals surface area contributed by atoms with Gasteiger partial charge >= 0.3 is 11.9 Å². The largest absolute Gasteiger partial charge is 0.418 e. The summed E-state index contributed by atoms with van der Waals surface area (Å²) in [4.78, 5) is 20.3. The van der Waals surface area contributed by atoms with Gasteiger partial charge in [0.15, 0.2) is 0 Å². The molecule has 2 heterocycles. The lowest BCUT2D eigenvalue weighted by molar-refractivity contribution is -0.383. The van der Waals surface area contributed by atoms with Gasteiger partial charge in [-0.1, -0.05) is 12.1 Å². The summed E-state index contributed by atoms with van der Waals surface area (Å²) < 4.78 is 39.4. The van der Waals surface area contributed by atoms with E-state index in [1.54, 1.807) is 4.90 Å². The number of nitrogens with zero attached hydrogens (tertiary/aromatic N) is 4. The Balaban J connectivity index is 2.04. The molecule has 0 aliphatic carbocycles. The topological polar surface area (TPSA) is 84.2 Å². The summed E-state index contributed by atoms with van der Waals surface area (Å²) in [5, 5.41) is 14.0. The molecular formula is C15H14F3N5O2. The number of hydrogen-bond acceptors (Lipinski definition) is 6. The van der Waals surface area contributed by atoms with Crippen LogP contribution in [0.3, 0.4) is 0 Å². The Labute approximate surface area is 140 Å². The number of hydrogen-bond donors (Lipinski definition) is 1. The molecule has 1 saturated heterocycles. The van der Waals surface area contributed by atoms with Gasteiger partial charge in [-0.25, -0.2) is 9.97 Å². The molecule has 1 fully saturated rings. The third-order valence-electron chi connectivity index (χ3n) is 3.88. The Bertz CT molecular complexity index is 791. The zero-order chi connectivity index (χ0) is 18.0.